The second kappa shape index (κ2) is 9.17. The van der Waals surface area contributed by atoms with Gasteiger partial charge in [-0.05, 0) is 54.9 Å². The van der Waals surface area contributed by atoms with Crippen molar-refractivity contribution in [1.82, 2.24) is 15.2 Å². The van der Waals surface area contributed by atoms with Gasteiger partial charge in [0, 0.05) is 6.42 Å². The summed E-state index contributed by atoms with van der Waals surface area (Å²) in [4.78, 5) is 40.6. The lowest BCUT2D eigenvalue weighted by Gasteiger charge is -2.33. The largest absolute Gasteiger partial charge is 0.497 e. The fourth-order valence-corrected chi connectivity index (χ4v) is 5.25. The standard InChI is InChI=1S/C27H30N4O4/c1-18-12-14-27(15-13-18)25(33)30(26(34)28-27)17-24(32)31-23(20-8-10-21(35-2)11-9-20)16-22(29-31)19-6-4-3-5-7-19/h3-11,18,23H,12-17H2,1-2H3,(H,28,34). The molecule has 1 atom stereocenters. The van der Waals surface area contributed by atoms with Crippen molar-refractivity contribution in [1.29, 1.82) is 0 Å². The number of rotatable bonds is 5. The van der Waals surface area contributed by atoms with Gasteiger partial charge in [0.25, 0.3) is 11.8 Å². The molecular formula is C27H30N4O4. The number of carbonyl (C=O) groups is 3. The van der Waals surface area contributed by atoms with Crippen LogP contribution >= 0.6 is 0 Å². The molecule has 0 aromatic heterocycles. The van der Waals surface area contributed by atoms with Crippen LogP contribution in [0.2, 0.25) is 0 Å². The molecular weight excluding hydrogens is 444 g/mol. The Labute approximate surface area is 204 Å². The van der Waals surface area contributed by atoms with Gasteiger partial charge in [-0.3, -0.25) is 14.5 Å². The van der Waals surface area contributed by atoms with Crippen molar-refractivity contribution in [3.8, 4) is 5.75 Å². The van der Waals surface area contributed by atoms with E-state index < -0.39 is 11.6 Å². The Bertz CT molecular complexity index is 1150. The van der Waals surface area contributed by atoms with Crippen molar-refractivity contribution in [2.45, 2.75) is 50.6 Å². The van der Waals surface area contributed by atoms with Gasteiger partial charge in [0.15, 0.2) is 0 Å². The Hall–Kier alpha value is -3.68. The summed E-state index contributed by atoms with van der Waals surface area (Å²) in [6.45, 7) is 1.82. The minimum atomic E-state index is -0.872. The number of imide groups is 1. The summed E-state index contributed by atoms with van der Waals surface area (Å²) < 4.78 is 5.27. The molecule has 2 fully saturated rings. The third kappa shape index (κ3) is 4.29. The molecule has 1 saturated heterocycles. The van der Waals surface area contributed by atoms with E-state index >= 15 is 0 Å². The highest BCUT2D eigenvalue weighted by atomic mass is 16.5. The number of hydrogen-bond acceptors (Lipinski definition) is 5. The van der Waals surface area contributed by atoms with E-state index in [9.17, 15) is 14.4 Å². The maximum absolute atomic E-state index is 13.5. The van der Waals surface area contributed by atoms with E-state index in [1.54, 1.807) is 7.11 Å². The molecule has 1 unspecified atom stereocenters. The summed E-state index contributed by atoms with van der Waals surface area (Å²) in [5.41, 5.74) is 1.76. The molecule has 1 aliphatic carbocycles. The number of benzene rings is 2. The van der Waals surface area contributed by atoms with Gasteiger partial charge in [0.2, 0.25) is 0 Å². The van der Waals surface area contributed by atoms with Gasteiger partial charge in [0.05, 0.1) is 18.9 Å². The molecule has 8 nitrogen and oxygen atoms in total. The minimum Gasteiger partial charge on any atom is -0.497 e. The lowest BCUT2D eigenvalue weighted by molar-refractivity contribution is -0.140. The van der Waals surface area contributed by atoms with Gasteiger partial charge in [0.1, 0.15) is 17.8 Å². The smallest absolute Gasteiger partial charge is 0.325 e. The summed E-state index contributed by atoms with van der Waals surface area (Å²) in [5, 5.41) is 8.99. The number of nitrogens with one attached hydrogen (secondary N) is 1. The predicted octanol–water partition coefficient (Wildman–Crippen LogP) is 3.87. The van der Waals surface area contributed by atoms with E-state index in [-0.39, 0.29) is 24.4 Å². The summed E-state index contributed by atoms with van der Waals surface area (Å²) >= 11 is 0. The molecule has 2 aromatic carbocycles. The molecule has 1 N–H and O–H groups in total. The van der Waals surface area contributed by atoms with Crippen molar-refractivity contribution < 1.29 is 19.1 Å². The molecule has 0 radical (unpaired) electrons. The van der Waals surface area contributed by atoms with Crippen molar-refractivity contribution in [3.63, 3.8) is 0 Å². The average Bonchev–Trinajstić information content (AvgIpc) is 3.43. The molecule has 5 rings (SSSR count). The summed E-state index contributed by atoms with van der Waals surface area (Å²) in [5.74, 6) is 0.568. The van der Waals surface area contributed by atoms with E-state index in [4.69, 9.17) is 4.74 Å². The Morgan fingerprint density at radius 2 is 1.77 bits per heavy atom. The fourth-order valence-electron chi connectivity index (χ4n) is 5.25. The molecule has 182 valence electrons. The van der Waals surface area contributed by atoms with Crippen LogP contribution in [0.3, 0.4) is 0 Å². The maximum atomic E-state index is 13.5. The van der Waals surface area contributed by atoms with Crippen molar-refractivity contribution >= 4 is 23.6 Å². The number of ether oxygens (including phenoxy) is 1. The van der Waals surface area contributed by atoms with Gasteiger partial charge in [-0.15, -0.1) is 0 Å². The van der Waals surface area contributed by atoms with Gasteiger partial charge in [-0.25, -0.2) is 9.80 Å². The van der Waals surface area contributed by atoms with Crippen LogP contribution in [-0.4, -0.2) is 52.7 Å². The van der Waals surface area contributed by atoms with Crippen LogP contribution < -0.4 is 10.1 Å². The van der Waals surface area contributed by atoms with Crippen LogP contribution in [0.1, 0.15) is 56.2 Å². The molecule has 1 spiro atoms. The number of methoxy groups -OCH3 is 1. The molecule has 1 saturated carbocycles. The Kier molecular flexibility index (Phi) is 6.05. The van der Waals surface area contributed by atoms with Crippen LogP contribution in [0.5, 0.6) is 5.75 Å². The normalized spacial score (nSPS) is 26.2. The van der Waals surface area contributed by atoms with Gasteiger partial charge in [-0.1, -0.05) is 49.4 Å². The molecule has 2 aliphatic heterocycles. The molecule has 2 heterocycles. The Balaban J connectivity index is 1.39. The quantitative estimate of drug-likeness (QED) is 0.666. The van der Waals surface area contributed by atoms with E-state index in [1.807, 2.05) is 54.6 Å². The van der Waals surface area contributed by atoms with Crippen LogP contribution in [0, 0.1) is 5.92 Å². The number of urea groups is 1. The number of hydrogen-bond donors (Lipinski definition) is 1. The van der Waals surface area contributed by atoms with Crippen molar-refractivity contribution in [2.24, 2.45) is 11.0 Å². The SMILES string of the molecule is COc1ccc(C2CC(c3ccccc3)=NN2C(=O)CN2C(=O)NC3(CCC(C)CC3)C2=O)cc1. The number of carbonyl (C=O) groups excluding carboxylic acids is 3. The van der Waals surface area contributed by atoms with Crippen LogP contribution in [0.25, 0.3) is 0 Å². The van der Waals surface area contributed by atoms with Crippen LogP contribution in [0.15, 0.2) is 59.7 Å². The highest BCUT2D eigenvalue weighted by Gasteiger charge is 2.53. The number of nitrogens with zero attached hydrogens (tertiary/aromatic N) is 3. The lowest BCUT2D eigenvalue weighted by Crippen LogP contribution is -2.50. The summed E-state index contributed by atoms with van der Waals surface area (Å²) in [6, 6.07) is 16.4. The molecule has 4 amide bonds. The van der Waals surface area contributed by atoms with Gasteiger partial charge < -0.3 is 10.1 Å². The number of amides is 4. The van der Waals surface area contributed by atoms with E-state index in [0.717, 1.165) is 40.3 Å². The first kappa shape index (κ1) is 23.1. The van der Waals surface area contributed by atoms with Crippen LogP contribution in [-0.2, 0) is 9.59 Å². The summed E-state index contributed by atoms with van der Waals surface area (Å²) in [6.07, 6.45) is 3.51. The molecule has 2 aromatic rings. The lowest BCUT2D eigenvalue weighted by atomic mass is 9.77. The third-order valence-corrected chi connectivity index (χ3v) is 7.44. The fraction of sp³-hybridized carbons (Fsp3) is 0.407. The molecule has 35 heavy (non-hydrogen) atoms. The first-order valence-electron chi connectivity index (χ1n) is 12.1. The van der Waals surface area contributed by atoms with E-state index in [0.29, 0.717) is 25.2 Å². The zero-order valence-electron chi connectivity index (χ0n) is 20.1. The van der Waals surface area contributed by atoms with Crippen molar-refractivity contribution in [3.05, 3.63) is 65.7 Å². The Morgan fingerprint density at radius 3 is 2.43 bits per heavy atom. The third-order valence-electron chi connectivity index (χ3n) is 7.44. The van der Waals surface area contributed by atoms with Crippen molar-refractivity contribution in [2.75, 3.05) is 13.7 Å². The topological polar surface area (TPSA) is 91.3 Å². The monoisotopic (exact) mass is 474 g/mol. The molecule has 8 heteroatoms. The average molecular weight is 475 g/mol. The summed E-state index contributed by atoms with van der Waals surface area (Å²) in [7, 11) is 1.61. The van der Waals surface area contributed by atoms with E-state index in [1.165, 1.54) is 5.01 Å². The van der Waals surface area contributed by atoms with E-state index in [2.05, 4.69) is 17.3 Å². The minimum absolute atomic E-state index is 0.296. The molecule has 0 bridgehead atoms. The highest BCUT2D eigenvalue weighted by molar-refractivity contribution is 6.09. The van der Waals surface area contributed by atoms with Crippen LogP contribution in [0.4, 0.5) is 4.79 Å². The first-order valence-corrected chi connectivity index (χ1v) is 12.1. The second-order valence-corrected chi connectivity index (χ2v) is 9.73. The molecule has 3 aliphatic rings. The Morgan fingerprint density at radius 1 is 1.09 bits per heavy atom. The highest BCUT2D eigenvalue weighted by Crippen LogP contribution is 2.37. The first-order chi connectivity index (χ1) is 16.9. The number of hydrazone groups is 1. The zero-order chi connectivity index (χ0) is 24.6. The predicted molar refractivity (Wildman–Crippen MR) is 131 cm³/mol. The zero-order valence-corrected chi connectivity index (χ0v) is 20.1. The van der Waals surface area contributed by atoms with Gasteiger partial charge in [-0.2, -0.15) is 5.10 Å². The maximum Gasteiger partial charge on any atom is 0.325 e. The van der Waals surface area contributed by atoms with Gasteiger partial charge >= 0.3 is 6.03 Å². The second-order valence-electron chi connectivity index (χ2n) is 9.73.